The molecular weight excluding hydrogens is 429 g/mol. The molecule has 0 aliphatic carbocycles. The fourth-order valence-corrected chi connectivity index (χ4v) is 5.43. The van der Waals surface area contributed by atoms with Gasteiger partial charge in [0.1, 0.15) is 12.4 Å². The number of rotatable bonds is 7. The minimum absolute atomic E-state index is 0.0978. The van der Waals surface area contributed by atoms with Crippen molar-refractivity contribution in [1.29, 1.82) is 0 Å². The number of hydrogen-bond donors (Lipinski definition) is 1. The van der Waals surface area contributed by atoms with Crippen molar-refractivity contribution in [2.75, 3.05) is 0 Å². The molecule has 0 amide bonds. The molecule has 4 rings (SSSR count). The second kappa shape index (κ2) is 8.59. The van der Waals surface area contributed by atoms with Gasteiger partial charge in [0.2, 0.25) is 0 Å². The number of halogens is 1. The molecule has 32 heavy (non-hydrogen) atoms. The molecule has 0 bridgehead atoms. The van der Waals surface area contributed by atoms with Crippen molar-refractivity contribution in [3.05, 3.63) is 101 Å². The van der Waals surface area contributed by atoms with E-state index < -0.39 is 21.6 Å². The standard InChI is InChI=1S/C25H22FNO4S/c1-17-22(23-14-20(26)10-11-24(23)27(17)15-25(28)29)13-19-8-5-9-21(12-19)32(30,31)16-18-6-3-2-4-7-18/h2-12,14H,13,15-16H2,1H3,(H,28,29). The summed E-state index contributed by atoms with van der Waals surface area (Å²) < 4.78 is 41.5. The Morgan fingerprint density at radius 1 is 0.969 bits per heavy atom. The summed E-state index contributed by atoms with van der Waals surface area (Å²) in [5, 5.41) is 9.92. The van der Waals surface area contributed by atoms with E-state index >= 15 is 0 Å². The van der Waals surface area contributed by atoms with Crippen LogP contribution < -0.4 is 0 Å². The van der Waals surface area contributed by atoms with Crippen molar-refractivity contribution in [2.24, 2.45) is 0 Å². The first-order chi connectivity index (χ1) is 15.2. The molecule has 0 saturated heterocycles. The van der Waals surface area contributed by atoms with Gasteiger partial charge >= 0.3 is 5.97 Å². The van der Waals surface area contributed by atoms with E-state index in [4.69, 9.17) is 0 Å². The van der Waals surface area contributed by atoms with Crippen LogP contribution in [-0.4, -0.2) is 24.1 Å². The summed E-state index contributed by atoms with van der Waals surface area (Å²) in [6.45, 7) is 1.56. The molecule has 1 heterocycles. The van der Waals surface area contributed by atoms with E-state index in [0.717, 1.165) is 11.1 Å². The van der Waals surface area contributed by atoms with Crippen molar-refractivity contribution in [3.63, 3.8) is 0 Å². The van der Waals surface area contributed by atoms with E-state index in [2.05, 4.69) is 0 Å². The van der Waals surface area contributed by atoms with Crippen LogP contribution in [-0.2, 0) is 33.4 Å². The Bertz CT molecular complexity index is 1410. The van der Waals surface area contributed by atoms with Gasteiger partial charge in [-0.1, -0.05) is 42.5 Å². The highest BCUT2D eigenvalue weighted by Gasteiger charge is 2.19. The molecule has 0 fully saturated rings. The molecule has 1 N–H and O–H groups in total. The molecule has 0 aliphatic rings. The topological polar surface area (TPSA) is 76.4 Å². The van der Waals surface area contributed by atoms with E-state index in [-0.39, 0.29) is 17.2 Å². The number of carboxylic acid groups (broad SMARTS) is 1. The van der Waals surface area contributed by atoms with Crippen molar-refractivity contribution < 1.29 is 22.7 Å². The maximum atomic E-state index is 14.0. The van der Waals surface area contributed by atoms with Crippen LogP contribution >= 0.6 is 0 Å². The molecule has 1 aromatic heterocycles. The Balaban J connectivity index is 1.72. The Morgan fingerprint density at radius 2 is 1.69 bits per heavy atom. The first kappa shape index (κ1) is 21.8. The van der Waals surface area contributed by atoms with Crippen LogP contribution in [0, 0.1) is 12.7 Å². The maximum Gasteiger partial charge on any atom is 0.323 e. The minimum Gasteiger partial charge on any atom is -0.480 e. The van der Waals surface area contributed by atoms with E-state index in [1.54, 1.807) is 60.0 Å². The van der Waals surface area contributed by atoms with E-state index in [0.29, 0.717) is 28.6 Å². The van der Waals surface area contributed by atoms with E-state index in [1.807, 2.05) is 12.1 Å². The lowest BCUT2D eigenvalue weighted by Crippen LogP contribution is -2.10. The average Bonchev–Trinajstić information content (AvgIpc) is 2.99. The summed E-state index contributed by atoms with van der Waals surface area (Å²) in [5.41, 5.74) is 3.58. The van der Waals surface area contributed by atoms with Crippen LogP contribution in [0.4, 0.5) is 4.39 Å². The largest absolute Gasteiger partial charge is 0.480 e. The molecule has 0 saturated carbocycles. The highest BCUT2D eigenvalue weighted by Crippen LogP contribution is 2.29. The zero-order chi connectivity index (χ0) is 22.9. The molecular formula is C25H22FNO4S. The molecule has 0 atom stereocenters. The van der Waals surface area contributed by atoms with Crippen molar-refractivity contribution in [2.45, 2.75) is 30.5 Å². The molecule has 0 radical (unpaired) electrons. The van der Waals surface area contributed by atoms with Gasteiger partial charge in [0, 0.05) is 16.6 Å². The van der Waals surface area contributed by atoms with Gasteiger partial charge in [-0.05, 0) is 60.4 Å². The normalized spacial score (nSPS) is 11.7. The summed E-state index contributed by atoms with van der Waals surface area (Å²) in [6, 6.07) is 20.0. The Hall–Kier alpha value is -3.45. The smallest absolute Gasteiger partial charge is 0.323 e. The number of nitrogens with zero attached hydrogens (tertiary/aromatic N) is 1. The molecule has 7 heteroatoms. The Labute approximate surface area is 185 Å². The average molecular weight is 452 g/mol. The number of carboxylic acids is 1. The lowest BCUT2D eigenvalue weighted by Gasteiger charge is -2.09. The third-order valence-corrected chi connectivity index (χ3v) is 7.23. The van der Waals surface area contributed by atoms with E-state index in [1.165, 1.54) is 12.1 Å². The number of benzene rings is 3. The van der Waals surface area contributed by atoms with Crippen LogP contribution in [0.5, 0.6) is 0 Å². The number of sulfone groups is 1. The number of carbonyl (C=O) groups is 1. The summed E-state index contributed by atoms with van der Waals surface area (Å²) in [5.74, 6) is -1.50. The van der Waals surface area contributed by atoms with Gasteiger partial charge < -0.3 is 9.67 Å². The highest BCUT2D eigenvalue weighted by atomic mass is 32.2. The predicted octanol–water partition coefficient (Wildman–Crippen LogP) is 4.74. The van der Waals surface area contributed by atoms with Gasteiger partial charge in [0.25, 0.3) is 0 Å². The molecule has 0 aliphatic heterocycles. The summed E-state index contributed by atoms with van der Waals surface area (Å²) in [7, 11) is -3.54. The van der Waals surface area contributed by atoms with Crippen LogP contribution in [0.2, 0.25) is 0 Å². The third kappa shape index (κ3) is 4.43. The van der Waals surface area contributed by atoms with Crippen molar-refractivity contribution >= 4 is 26.7 Å². The van der Waals surface area contributed by atoms with Crippen LogP contribution in [0.1, 0.15) is 22.4 Å². The number of aliphatic carboxylic acids is 1. The quantitative estimate of drug-likeness (QED) is 0.440. The molecule has 4 aromatic rings. The summed E-state index contributed by atoms with van der Waals surface area (Å²) in [6.07, 6.45) is 0.354. The van der Waals surface area contributed by atoms with Gasteiger partial charge in [0.15, 0.2) is 9.84 Å². The molecule has 0 unspecified atom stereocenters. The Kier molecular flexibility index (Phi) is 5.84. The van der Waals surface area contributed by atoms with E-state index in [9.17, 15) is 22.7 Å². The zero-order valence-electron chi connectivity index (χ0n) is 17.5. The molecule has 0 spiro atoms. The molecule has 5 nitrogen and oxygen atoms in total. The van der Waals surface area contributed by atoms with Gasteiger partial charge in [-0.3, -0.25) is 4.79 Å². The monoisotopic (exact) mass is 451 g/mol. The van der Waals surface area contributed by atoms with Crippen LogP contribution in [0.25, 0.3) is 10.9 Å². The SMILES string of the molecule is Cc1c(Cc2cccc(S(=O)(=O)Cc3ccccc3)c2)c2cc(F)ccc2n1CC(=O)O. The Morgan fingerprint density at radius 3 is 2.41 bits per heavy atom. The fourth-order valence-electron chi connectivity index (χ4n) is 4.02. The fraction of sp³-hybridized carbons (Fsp3) is 0.160. The summed E-state index contributed by atoms with van der Waals surface area (Å²) in [4.78, 5) is 11.6. The number of hydrogen-bond acceptors (Lipinski definition) is 3. The minimum atomic E-state index is -3.54. The molecule has 3 aromatic carbocycles. The maximum absolute atomic E-state index is 14.0. The van der Waals surface area contributed by atoms with Gasteiger partial charge in [0.05, 0.1) is 10.6 Å². The predicted molar refractivity (Wildman–Crippen MR) is 121 cm³/mol. The second-order valence-corrected chi connectivity index (χ2v) is 9.76. The molecule has 164 valence electrons. The lowest BCUT2D eigenvalue weighted by molar-refractivity contribution is -0.137. The highest BCUT2D eigenvalue weighted by molar-refractivity contribution is 7.90. The van der Waals surface area contributed by atoms with Crippen LogP contribution in [0.3, 0.4) is 0 Å². The number of fused-ring (bicyclic) bond motifs is 1. The second-order valence-electron chi connectivity index (χ2n) is 7.77. The third-order valence-electron chi connectivity index (χ3n) is 5.55. The first-order valence-corrected chi connectivity index (χ1v) is 11.7. The number of aromatic nitrogens is 1. The lowest BCUT2D eigenvalue weighted by atomic mass is 10.0. The zero-order valence-corrected chi connectivity index (χ0v) is 18.3. The van der Waals surface area contributed by atoms with Crippen molar-refractivity contribution in [1.82, 2.24) is 4.57 Å². The van der Waals surface area contributed by atoms with Gasteiger partial charge in [-0.15, -0.1) is 0 Å². The van der Waals surface area contributed by atoms with Crippen molar-refractivity contribution in [3.8, 4) is 0 Å². The van der Waals surface area contributed by atoms with Gasteiger partial charge in [-0.25, -0.2) is 12.8 Å². The van der Waals surface area contributed by atoms with Gasteiger partial charge in [-0.2, -0.15) is 0 Å². The summed E-state index contributed by atoms with van der Waals surface area (Å²) >= 11 is 0. The van der Waals surface area contributed by atoms with Crippen LogP contribution in [0.15, 0.2) is 77.7 Å². The first-order valence-electron chi connectivity index (χ1n) is 10.1.